The highest BCUT2D eigenvalue weighted by molar-refractivity contribution is 5.97. The Hall–Kier alpha value is -1.58. The Kier molecular flexibility index (Phi) is 3.55. The number of carboxylic acid groups (broad SMARTS) is 1. The molecule has 0 aromatic carbocycles. The standard InChI is InChI=1S/C14H19NO3/c1-9-8-12(10(2)15(9)11-6-7-11)13(16)4-3-5-14(17)18/h8,11H,3-7H2,1-2H3,(H,17,18). The maximum Gasteiger partial charge on any atom is 0.303 e. The first-order valence-corrected chi connectivity index (χ1v) is 6.44. The van der Waals surface area contributed by atoms with Gasteiger partial charge in [-0.05, 0) is 39.2 Å². The normalized spacial score (nSPS) is 14.8. The number of aliphatic carboxylic acids is 1. The molecule has 18 heavy (non-hydrogen) atoms. The molecule has 1 aliphatic carbocycles. The lowest BCUT2D eigenvalue weighted by Crippen LogP contribution is -2.04. The number of ketones is 1. The van der Waals surface area contributed by atoms with Gasteiger partial charge in [-0.3, -0.25) is 9.59 Å². The molecule has 1 heterocycles. The third-order valence-corrected chi connectivity index (χ3v) is 3.49. The van der Waals surface area contributed by atoms with Crippen LogP contribution < -0.4 is 0 Å². The van der Waals surface area contributed by atoms with Gasteiger partial charge in [-0.1, -0.05) is 0 Å². The first kappa shape index (κ1) is 12.9. The predicted octanol–water partition coefficient (Wildman–Crippen LogP) is 2.88. The summed E-state index contributed by atoms with van der Waals surface area (Å²) in [5, 5.41) is 8.57. The molecule has 0 atom stereocenters. The first-order valence-electron chi connectivity index (χ1n) is 6.44. The fourth-order valence-electron chi connectivity index (χ4n) is 2.49. The molecule has 1 N–H and O–H groups in total. The van der Waals surface area contributed by atoms with Crippen molar-refractivity contribution in [1.29, 1.82) is 0 Å². The average Bonchev–Trinajstić information content (AvgIpc) is 3.05. The molecule has 0 spiro atoms. The Morgan fingerprint density at radius 3 is 2.56 bits per heavy atom. The van der Waals surface area contributed by atoms with E-state index in [1.54, 1.807) is 0 Å². The van der Waals surface area contributed by atoms with E-state index >= 15 is 0 Å². The summed E-state index contributed by atoms with van der Waals surface area (Å²) in [6.45, 7) is 4.01. The van der Waals surface area contributed by atoms with Crippen LogP contribution in [0.15, 0.2) is 6.07 Å². The number of carboxylic acids is 1. The maximum absolute atomic E-state index is 12.0. The summed E-state index contributed by atoms with van der Waals surface area (Å²) < 4.78 is 2.24. The molecule has 1 aliphatic rings. The largest absolute Gasteiger partial charge is 0.481 e. The van der Waals surface area contributed by atoms with Gasteiger partial charge in [-0.15, -0.1) is 0 Å². The summed E-state index contributed by atoms with van der Waals surface area (Å²) in [6, 6.07) is 2.52. The van der Waals surface area contributed by atoms with Gasteiger partial charge in [0, 0.05) is 35.8 Å². The molecule has 0 saturated heterocycles. The smallest absolute Gasteiger partial charge is 0.303 e. The molecule has 4 heteroatoms. The van der Waals surface area contributed by atoms with E-state index < -0.39 is 5.97 Å². The summed E-state index contributed by atoms with van der Waals surface area (Å²) in [4.78, 5) is 22.5. The van der Waals surface area contributed by atoms with Crippen molar-refractivity contribution in [3.63, 3.8) is 0 Å². The first-order chi connectivity index (χ1) is 8.50. The third-order valence-electron chi connectivity index (χ3n) is 3.49. The highest BCUT2D eigenvalue weighted by Crippen LogP contribution is 2.38. The lowest BCUT2D eigenvalue weighted by molar-refractivity contribution is -0.137. The van der Waals surface area contributed by atoms with Crippen LogP contribution in [0.3, 0.4) is 0 Å². The number of nitrogens with zero attached hydrogens (tertiary/aromatic N) is 1. The van der Waals surface area contributed by atoms with Gasteiger partial charge in [0.2, 0.25) is 0 Å². The molecular formula is C14H19NO3. The second kappa shape index (κ2) is 4.96. The number of hydrogen-bond acceptors (Lipinski definition) is 2. The Bertz CT molecular complexity index is 483. The van der Waals surface area contributed by atoms with Gasteiger partial charge < -0.3 is 9.67 Å². The number of carbonyl (C=O) groups is 2. The summed E-state index contributed by atoms with van der Waals surface area (Å²) >= 11 is 0. The molecule has 1 aromatic heterocycles. The van der Waals surface area contributed by atoms with Crippen LogP contribution in [0.5, 0.6) is 0 Å². The van der Waals surface area contributed by atoms with Crippen molar-refractivity contribution in [3.05, 3.63) is 23.0 Å². The summed E-state index contributed by atoms with van der Waals surface area (Å²) in [5.74, 6) is -0.775. The van der Waals surface area contributed by atoms with Gasteiger partial charge in [-0.25, -0.2) is 0 Å². The molecule has 0 radical (unpaired) electrons. The highest BCUT2D eigenvalue weighted by Gasteiger charge is 2.28. The fraction of sp³-hybridized carbons (Fsp3) is 0.571. The van der Waals surface area contributed by atoms with Crippen LogP contribution >= 0.6 is 0 Å². The zero-order valence-corrected chi connectivity index (χ0v) is 10.9. The average molecular weight is 249 g/mol. The number of aryl methyl sites for hydroxylation is 1. The van der Waals surface area contributed by atoms with Crippen LogP contribution in [0.2, 0.25) is 0 Å². The van der Waals surface area contributed by atoms with Gasteiger partial charge in [0.05, 0.1) is 0 Å². The van der Waals surface area contributed by atoms with E-state index in [-0.39, 0.29) is 12.2 Å². The minimum atomic E-state index is -0.841. The zero-order chi connectivity index (χ0) is 13.3. The predicted molar refractivity (Wildman–Crippen MR) is 68.0 cm³/mol. The zero-order valence-electron chi connectivity index (χ0n) is 10.9. The van der Waals surface area contributed by atoms with Crippen molar-refractivity contribution in [2.75, 3.05) is 0 Å². The quantitative estimate of drug-likeness (QED) is 0.788. The molecule has 0 aliphatic heterocycles. The lowest BCUT2D eigenvalue weighted by Gasteiger charge is -2.07. The molecule has 0 bridgehead atoms. The molecule has 1 saturated carbocycles. The van der Waals surface area contributed by atoms with Gasteiger partial charge in [0.1, 0.15) is 0 Å². The number of Topliss-reactive ketones (excluding diaryl/α,β-unsaturated/α-hetero) is 1. The van der Waals surface area contributed by atoms with E-state index in [9.17, 15) is 9.59 Å². The van der Waals surface area contributed by atoms with E-state index in [1.165, 1.54) is 12.8 Å². The van der Waals surface area contributed by atoms with Crippen molar-refractivity contribution in [1.82, 2.24) is 4.57 Å². The van der Waals surface area contributed by atoms with Crippen molar-refractivity contribution < 1.29 is 14.7 Å². The van der Waals surface area contributed by atoms with Crippen molar-refractivity contribution >= 4 is 11.8 Å². The summed E-state index contributed by atoms with van der Waals surface area (Å²) in [7, 11) is 0. The van der Waals surface area contributed by atoms with Crippen LogP contribution in [-0.4, -0.2) is 21.4 Å². The Morgan fingerprint density at radius 1 is 1.33 bits per heavy atom. The molecule has 1 aromatic rings. The monoisotopic (exact) mass is 249 g/mol. The Labute approximate surface area is 107 Å². The molecule has 0 amide bonds. The van der Waals surface area contributed by atoms with Gasteiger partial charge in [0.25, 0.3) is 0 Å². The van der Waals surface area contributed by atoms with E-state index in [0.717, 1.165) is 17.0 Å². The Balaban J connectivity index is 2.06. The number of rotatable bonds is 6. The number of carbonyl (C=O) groups excluding carboxylic acids is 1. The van der Waals surface area contributed by atoms with Crippen molar-refractivity contribution in [2.24, 2.45) is 0 Å². The van der Waals surface area contributed by atoms with Crippen molar-refractivity contribution in [2.45, 2.75) is 52.0 Å². The van der Waals surface area contributed by atoms with E-state index in [2.05, 4.69) is 4.57 Å². The second-order valence-electron chi connectivity index (χ2n) is 5.06. The minimum absolute atomic E-state index is 0.0626. The fourth-order valence-corrected chi connectivity index (χ4v) is 2.49. The van der Waals surface area contributed by atoms with Crippen molar-refractivity contribution in [3.8, 4) is 0 Å². The van der Waals surface area contributed by atoms with E-state index in [1.807, 2.05) is 19.9 Å². The van der Waals surface area contributed by atoms with Gasteiger partial charge in [-0.2, -0.15) is 0 Å². The van der Waals surface area contributed by atoms with Crippen LogP contribution in [0.1, 0.15) is 59.9 Å². The van der Waals surface area contributed by atoms with Gasteiger partial charge in [0.15, 0.2) is 5.78 Å². The summed E-state index contributed by atoms with van der Waals surface area (Å²) in [5.41, 5.74) is 2.94. The van der Waals surface area contributed by atoms with Crippen LogP contribution in [0, 0.1) is 13.8 Å². The maximum atomic E-state index is 12.0. The molecule has 1 fully saturated rings. The van der Waals surface area contributed by atoms with Gasteiger partial charge >= 0.3 is 5.97 Å². The molecule has 0 unspecified atom stereocenters. The minimum Gasteiger partial charge on any atom is -0.481 e. The van der Waals surface area contributed by atoms with Crippen LogP contribution in [-0.2, 0) is 4.79 Å². The molecule has 98 valence electrons. The molecule has 4 nitrogen and oxygen atoms in total. The van der Waals surface area contributed by atoms with Crippen LogP contribution in [0.25, 0.3) is 0 Å². The second-order valence-corrected chi connectivity index (χ2v) is 5.06. The number of hydrogen-bond donors (Lipinski definition) is 1. The van der Waals surface area contributed by atoms with Crippen LogP contribution in [0.4, 0.5) is 0 Å². The van der Waals surface area contributed by atoms with E-state index in [0.29, 0.717) is 18.9 Å². The molecule has 2 rings (SSSR count). The lowest BCUT2D eigenvalue weighted by atomic mass is 10.1. The SMILES string of the molecule is Cc1cc(C(=O)CCCC(=O)O)c(C)n1C1CC1. The Morgan fingerprint density at radius 2 is 2.00 bits per heavy atom. The molecular weight excluding hydrogens is 230 g/mol. The number of aromatic nitrogens is 1. The topological polar surface area (TPSA) is 59.3 Å². The van der Waals surface area contributed by atoms with E-state index in [4.69, 9.17) is 5.11 Å². The summed E-state index contributed by atoms with van der Waals surface area (Å²) in [6.07, 6.45) is 3.20. The third kappa shape index (κ3) is 2.63. The highest BCUT2D eigenvalue weighted by atomic mass is 16.4.